The van der Waals surface area contributed by atoms with E-state index in [9.17, 15) is 4.79 Å². The van der Waals surface area contributed by atoms with Gasteiger partial charge in [0.25, 0.3) is 0 Å². The summed E-state index contributed by atoms with van der Waals surface area (Å²) in [7, 11) is 2.14. The van der Waals surface area contributed by atoms with Crippen molar-refractivity contribution in [3.05, 3.63) is 33.4 Å². The average molecular weight is 388 g/mol. The third-order valence-corrected chi connectivity index (χ3v) is 4.45. The molecule has 2 rings (SSSR count). The number of ether oxygens (including phenoxy) is 1. The number of hydrogen-bond acceptors (Lipinski definition) is 4. The number of halogens is 1. The van der Waals surface area contributed by atoms with Gasteiger partial charge in [-0.05, 0) is 48.7 Å². The molecule has 4 nitrogen and oxygen atoms in total. The van der Waals surface area contributed by atoms with Crippen molar-refractivity contribution in [1.29, 1.82) is 0 Å². The number of piperazine rings is 1. The number of esters is 1. The summed E-state index contributed by atoms with van der Waals surface area (Å²) >= 11 is 2.16. The first-order chi connectivity index (χ1) is 9.56. The number of carbonyl (C=O) groups excluding carboxylic acids is 1. The van der Waals surface area contributed by atoms with Gasteiger partial charge in [0, 0.05) is 36.3 Å². The van der Waals surface area contributed by atoms with Crippen LogP contribution in [0.15, 0.2) is 24.3 Å². The van der Waals surface area contributed by atoms with Gasteiger partial charge in [0.2, 0.25) is 0 Å². The zero-order valence-corrected chi connectivity index (χ0v) is 14.2. The predicted molar refractivity (Wildman–Crippen MR) is 88.0 cm³/mol. The molecule has 0 aliphatic carbocycles. The lowest BCUT2D eigenvalue weighted by molar-refractivity contribution is 0.0206. The molecule has 0 amide bonds. The smallest absolute Gasteiger partial charge is 0.339 e. The maximum Gasteiger partial charge on any atom is 0.339 e. The van der Waals surface area contributed by atoms with E-state index in [1.165, 1.54) is 0 Å². The summed E-state index contributed by atoms with van der Waals surface area (Å²) in [5.41, 5.74) is 0.651. The number of hydrogen-bond donors (Lipinski definition) is 0. The van der Waals surface area contributed by atoms with Crippen LogP contribution in [0.3, 0.4) is 0 Å². The van der Waals surface area contributed by atoms with Gasteiger partial charge in [0.1, 0.15) is 6.10 Å². The maximum absolute atomic E-state index is 12.1. The Morgan fingerprint density at radius 1 is 1.30 bits per heavy atom. The van der Waals surface area contributed by atoms with Crippen LogP contribution in [0.4, 0.5) is 0 Å². The van der Waals surface area contributed by atoms with E-state index in [-0.39, 0.29) is 12.1 Å². The Hall–Kier alpha value is -0.660. The second-order valence-corrected chi connectivity index (χ2v) is 6.46. The fourth-order valence-electron chi connectivity index (χ4n) is 2.30. The highest BCUT2D eigenvalue weighted by atomic mass is 127. The van der Waals surface area contributed by atoms with Gasteiger partial charge in [-0.1, -0.05) is 12.1 Å². The van der Waals surface area contributed by atoms with Crippen molar-refractivity contribution in [3.63, 3.8) is 0 Å². The van der Waals surface area contributed by atoms with Gasteiger partial charge < -0.3 is 9.64 Å². The van der Waals surface area contributed by atoms with Crippen LogP contribution < -0.4 is 0 Å². The van der Waals surface area contributed by atoms with Gasteiger partial charge in [-0.2, -0.15) is 0 Å². The molecule has 0 radical (unpaired) electrons. The average Bonchev–Trinajstić information content (AvgIpc) is 2.41. The van der Waals surface area contributed by atoms with Crippen molar-refractivity contribution >= 4 is 28.6 Å². The van der Waals surface area contributed by atoms with Crippen LogP contribution in [0.2, 0.25) is 0 Å². The predicted octanol–water partition coefficient (Wildman–Crippen LogP) is 2.08. The minimum absolute atomic E-state index is 0.0816. The molecular formula is C15H21IN2O2. The van der Waals surface area contributed by atoms with Gasteiger partial charge >= 0.3 is 5.97 Å². The summed E-state index contributed by atoms with van der Waals surface area (Å²) < 4.78 is 6.48. The first-order valence-electron chi connectivity index (χ1n) is 6.92. The fraction of sp³-hybridized carbons (Fsp3) is 0.533. The highest BCUT2D eigenvalue weighted by Crippen LogP contribution is 2.14. The molecular weight excluding hydrogens is 367 g/mol. The van der Waals surface area contributed by atoms with Crippen molar-refractivity contribution in [2.75, 3.05) is 39.8 Å². The van der Waals surface area contributed by atoms with E-state index in [0.29, 0.717) is 5.56 Å². The number of nitrogens with zero attached hydrogens (tertiary/aromatic N) is 2. The van der Waals surface area contributed by atoms with Crippen LogP contribution in [0.25, 0.3) is 0 Å². The van der Waals surface area contributed by atoms with Crippen molar-refractivity contribution in [2.45, 2.75) is 13.0 Å². The summed E-state index contributed by atoms with van der Waals surface area (Å²) in [5.74, 6) is -0.225. The second-order valence-electron chi connectivity index (χ2n) is 5.30. The molecule has 1 aromatic carbocycles. The minimum atomic E-state index is -0.225. The van der Waals surface area contributed by atoms with E-state index in [1.54, 1.807) is 0 Å². The van der Waals surface area contributed by atoms with Gasteiger partial charge in [0.15, 0.2) is 0 Å². The summed E-state index contributed by atoms with van der Waals surface area (Å²) in [6.45, 7) is 7.02. The zero-order chi connectivity index (χ0) is 14.5. The Morgan fingerprint density at radius 2 is 1.95 bits per heavy atom. The second kappa shape index (κ2) is 7.38. The number of likely N-dealkylation sites (N-methyl/N-ethyl adjacent to an activating group) is 1. The molecule has 0 bridgehead atoms. The molecule has 1 fully saturated rings. The fourth-order valence-corrected chi connectivity index (χ4v) is 2.91. The quantitative estimate of drug-likeness (QED) is 0.584. The summed E-state index contributed by atoms with van der Waals surface area (Å²) in [5, 5.41) is 0. The molecule has 20 heavy (non-hydrogen) atoms. The van der Waals surface area contributed by atoms with Crippen LogP contribution in [0.5, 0.6) is 0 Å². The topological polar surface area (TPSA) is 32.8 Å². The van der Waals surface area contributed by atoms with E-state index in [1.807, 2.05) is 31.2 Å². The summed E-state index contributed by atoms with van der Waals surface area (Å²) in [4.78, 5) is 16.8. The Morgan fingerprint density at radius 3 is 2.60 bits per heavy atom. The third-order valence-electron chi connectivity index (χ3n) is 3.51. The zero-order valence-electron chi connectivity index (χ0n) is 12.0. The van der Waals surface area contributed by atoms with Crippen LogP contribution >= 0.6 is 22.6 Å². The SMILES string of the molecule is CC(CN1CCN(C)CC1)OC(=O)c1ccccc1I. The number of rotatable bonds is 4. The van der Waals surface area contributed by atoms with Crippen molar-refractivity contribution in [3.8, 4) is 0 Å². The first-order valence-corrected chi connectivity index (χ1v) is 8.00. The maximum atomic E-state index is 12.1. The van der Waals surface area contributed by atoms with Crippen LogP contribution in [-0.4, -0.2) is 61.6 Å². The first kappa shape index (κ1) is 15.7. The van der Waals surface area contributed by atoms with Crippen LogP contribution in [-0.2, 0) is 4.74 Å². The molecule has 1 aliphatic rings. The van der Waals surface area contributed by atoms with Crippen LogP contribution in [0.1, 0.15) is 17.3 Å². The highest BCUT2D eigenvalue weighted by molar-refractivity contribution is 14.1. The van der Waals surface area contributed by atoms with E-state index >= 15 is 0 Å². The van der Waals surface area contributed by atoms with Gasteiger partial charge in [-0.3, -0.25) is 4.90 Å². The largest absolute Gasteiger partial charge is 0.458 e. The van der Waals surface area contributed by atoms with Crippen molar-refractivity contribution in [1.82, 2.24) is 9.80 Å². The van der Waals surface area contributed by atoms with E-state index in [0.717, 1.165) is 36.3 Å². The molecule has 0 spiro atoms. The Kier molecular flexibility index (Phi) is 5.80. The monoisotopic (exact) mass is 388 g/mol. The van der Waals surface area contributed by atoms with Gasteiger partial charge in [-0.25, -0.2) is 4.79 Å². The highest BCUT2D eigenvalue weighted by Gasteiger charge is 2.19. The lowest BCUT2D eigenvalue weighted by atomic mass is 10.2. The lowest BCUT2D eigenvalue weighted by Gasteiger charge is -2.33. The molecule has 1 heterocycles. The van der Waals surface area contributed by atoms with Crippen molar-refractivity contribution in [2.24, 2.45) is 0 Å². The summed E-state index contributed by atoms with van der Waals surface area (Å²) in [6.07, 6.45) is -0.0816. The molecule has 5 heteroatoms. The normalized spacial score (nSPS) is 18.8. The Bertz CT molecular complexity index is 459. The molecule has 1 atom stereocenters. The number of benzene rings is 1. The third kappa shape index (κ3) is 4.43. The molecule has 1 aliphatic heterocycles. The molecule has 0 saturated carbocycles. The molecule has 0 N–H and O–H groups in total. The van der Waals surface area contributed by atoms with Crippen molar-refractivity contribution < 1.29 is 9.53 Å². The van der Waals surface area contributed by atoms with E-state index < -0.39 is 0 Å². The van der Waals surface area contributed by atoms with Gasteiger partial charge in [-0.15, -0.1) is 0 Å². The molecule has 1 aromatic rings. The molecule has 1 saturated heterocycles. The summed E-state index contributed by atoms with van der Waals surface area (Å²) in [6, 6.07) is 7.52. The molecule has 0 aromatic heterocycles. The Labute approximate surface area is 134 Å². The minimum Gasteiger partial charge on any atom is -0.458 e. The van der Waals surface area contributed by atoms with E-state index in [2.05, 4.69) is 39.4 Å². The van der Waals surface area contributed by atoms with E-state index in [4.69, 9.17) is 4.74 Å². The number of carbonyl (C=O) groups is 1. The standard InChI is InChI=1S/C15H21IN2O2/c1-12(11-18-9-7-17(2)8-10-18)20-15(19)13-5-3-4-6-14(13)16/h3-6,12H,7-11H2,1-2H3. The Balaban J connectivity index is 1.84. The van der Waals surface area contributed by atoms with Gasteiger partial charge in [0.05, 0.1) is 5.56 Å². The molecule has 1 unspecified atom stereocenters. The molecule has 110 valence electrons. The van der Waals surface area contributed by atoms with Crippen LogP contribution in [0, 0.1) is 3.57 Å². The lowest BCUT2D eigenvalue weighted by Crippen LogP contribution is -2.47.